The fourth-order valence-electron chi connectivity index (χ4n) is 2.77. The summed E-state index contributed by atoms with van der Waals surface area (Å²) in [4.78, 5) is 25.0. The molecule has 0 unspecified atom stereocenters. The van der Waals surface area contributed by atoms with Gasteiger partial charge in [0.05, 0.1) is 0 Å². The van der Waals surface area contributed by atoms with Crippen LogP contribution in [-0.4, -0.2) is 41.1 Å². The number of carboxylic acids is 1. The van der Waals surface area contributed by atoms with E-state index in [0.29, 0.717) is 6.42 Å². The van der Waals surface area contributed by atoms with E-state index in [4.69, 9.17) is 5.11 Å². The second kappa shape index (κ2) is 8.12. The zero-order valence-electron chi connectivity index (χ0n) is 12.9. The molecule has 0 aromatic carbocycles. The van der Waals surface area contributed by atoms with Crippen LogP contribution < -0.4 is 5.32 Å². The molecule has 1 heterocycles. The standard InChI is InChI=1S/C15H28N2O3/c1-4-5-12-6-8-17(9-7-12)15(20)16-13(14(18)19)10-11(2)3/h11-13H,4-10H2,1-3H3,(H,16,20)(H,18,19)/t13-/m1/s1. The number of amides is 2. The third-order valence-electron chi connectivity index (χ3n) is 3.90. The molecule has 20 heavy (non-hydrogen) atoms. The predicted molar refractivity (Wildman–Crippen MR) is 78.6 cm³/mol. The molecule has 5 nitrogen and oxygen atoms in total. The SMILES string of the molecule is CCCC1CCN(C(=O)N[C@H](CC(C)C)C(=O)O)CC1. The molecule has 116 valence electrons. The highest BCUT2D eigenvalue weighted by Crippen LogP contribution is 2.21. The molecule has 1 atom stereocenters. The largest absolute Gasteiger partial charge is 0.480 e. The van der Waals surface area contributed by atoms with Gasteiger partial charge in [0.15, 0.2) is 0 Å². The third kappa shape index (κ3) is 5.39. The van der Waals surface area contributed by atoms with Gasteiger partial charge in [0.25, 0.3) is 0 Å². The van der Waals surface area contributed by atoms with Crippen LogP contribution in [0.3, 0.4) is 0 Å². The van der Waals surface area contributed by atoms with Crippen molar-refractivity contribution in [3.05, 3.63) is 0 Å². The maximum Gasteiger partial charge on any atom is 0.326 e. The summed E-state index contributed by atoms with van der Waals surface area (Å²) in [5.41, 5.74) is 0. The molecule has 0 radical (unpaired) electrons. The van der Waals surface area contributed by atoms with Crippen LogP contribution in [0.1, 0.15) is 52.9 Å². The van der Waals surface area contributed by atoms with Crippen LogP contribution in [0.4, 0.5) is 4.79 Å². The van der Waals surface area contributed by atoms with E-state index in [0.717, 1.165) is 31.8 Å². The Morgan fingerprint density at radius 3 is 2.35 bits per heavy atom. The Morgan fingerprint density at radius 1 is 1.30 bits per heavy atom. The van der Waals surface area contributed by atoms with E-state index in [1.54, 1.807) is 4.90 Å². The number of piperidine rings is 1. The summed E-state index contributed by atoms with van der Waals surface area (Å²) in [6.45, 7) is 7.58. The maximum absolute atomic E-state index is 12.1. The molecule has 5 heteroatoms. The summed E-state index contributed by atoms with van der Waals surface area (Å²) in [6, 6.07) is -1.01. The van der Waals surface area contributed by atoms with Gasteiger partial charge in [-0.1, -0.05) is 33.6 Å². The molecule has 2 amide bonds. The minimum atomic E-state index is -0.951. The highest BCUT2D eigenvalue weighted by molar-refractivity contribution is 5.82. The number of rotatable bonds is 6. The summed E-state index contributed by atoms with van der Waals surface area (Å²) >= 11 is 0. The summed E-state index contributed by atoms with van der Waals surface area (Å²) in [7, 11) is 0. The average molecular weight is 284 g/mol. The second-order valence-electron chi connectivity index (χ2n) is 6.19. The lowest BCUT2D eigenvalue weighted by Gasteiger charge is -2.32. The van der Waals surface area contributed by atoms with E-state index in [1.165, 1.54) is 12.8 Å². The van der Waals surface area contributed by atoms with Gasteiger partial charge in [-0.05, 0) is 31.1 Å². The molecule has 1 rings (SSSR count). The second-order valence-corrected chi connectivity index (χ2v) is 6.19. The normalized spacial score (nSPS) is 18.1. The Labute approximate surface area is 121 Å². The topological polar surface area (TPSA) is 69.6 Å². The minimum absolute atomic E-state index is 0.229. The first-order valence-electron chi connectivity index (χ1n) is 7.72. The molecule has 0 saturated carbocycles. The van der Waals surface area contributed by atoms with Gasteiger partial charge >= 0.3 is 12.0 Å². The molecule has 0 aromatic rings. The number of carboxylic acid groups (broad SMARTS) is 1. The average Bonchev–Trinajstić information content (AvgIpc) is 2.38. The van der Waals surface area contributed by atoms with E-state index in [-0.39, 0.29) is 11.9 Å². The minimum Gasteiger partial charge on any atom is -0.480 e. The van der Waals surface area contributed by atoms with Gasteiger partial charge in [0.1, 0.15) is 6.04 Å². The fourth-order valence-corrected chi connectivity index (χ4v) is 2.77. The number of hydrogen-bond acceptors (Lipinski definition) is 2. The van der Waals surface area contributed by atoms with Crippen LogP contribution in [-0.2, 0) is 4.79 Å². The van der Waals surface area contributed by atoms with Crippen molar-refractivity contribution in [2.24, 2.45) is 11.8 Å². The molecule has 0 aliphatic carbocycles. The predicted octanol–water partition coefficient (Wildman–Crippen LogP) is 2.71. The van der Waals surface area contributed by atoms with Crippen molar-refractivity contribution in [3.8, 4) is 0 Å². The van der Waals surface area contributed by atoms with E-state index < -0.39 is 12.0 Å². The van der Waals surface area contributed by atoms with Crippen molar-refractivity contribution in [2.75, 3.05) is 13.1 Å². The highest BCUT2D eigenvalue weighted by Gasteiger charge is 2.26. The number of nitrogens with one attached hydrogen (secondary N) is 1. The van der Waals surface area contributed by atoms with Gasteiger partial charge in [0, 0.05) is 13.1 Å². The Balaban J connectivity index is 2.43. The van der Waals surface area contributed by atoms with E-state index in [2.05, 4.69) is 12.2 Å². The summed E-state index contributed by atoms with van der Waals surface area (Å²) in [6.07, 6.45) is 4.94. The molecular formula is C15H28N2O3. The van der Waals surface area contributed by atoms with Crippen molar-refractivity contribution < 1.29 is 14.7 Å². The lowest BCUT2D eigenvalue weighted by Crippen LogP contribution is -2.50. The molecule has 0 bridgehead atoms. The number of hydrogen-bond donors (Lipinski definition) is 2. The number of urea groups is 1. The highest BCUT2D eigenvalue weighted by atomic mass is 16.4. The third-order valence-corrected chi connectivity index (χ3v) is 3.90. The van der Waals surface area contributed by atoms with Crippen LogP contribution in [0, 0.1) is 11.8 Å². The number of carbonyl (C=O) groups is 2. The molecule has 0 aromatic heterocycles. The molecule has 1 saturated heterocycles. The van der Waals surface area contributed by atoms with Crippen LogP contribution in [0.5, 0.6) is 0 Å². The molecular weight excluding hydrogens is 256 g/mol. The van der Waals surface area contributed by atoms with Crippen LogP contribution in [0.25, 0.3) is 0 Å². The van der Waals surface area contributed by atoms with Gasteiger partial charge in [0.2, 0.25) is 0 Å². The first-order chi connectivity index (χ1) is 9.43. The lowest BCUT2D eigenvalue weighted by atomic mass is 9.93. The molecule has 1 aliphatic heterocycles. The number of carbonyl (C=O) groups excluding carboxylic acids is 1. The number of likely N-dealkylation sites (tertiary alicyclic amines) is 1. The summed E-state index contributed by atoms with van der Waals surface area (Å²) in [5.74, 6) is 0.00888. The summed E-state index contributed by atoms with van der Waals surface area (Å²) < 4.78 is 0. The number of nitrogens with zero attached hydrogens (tertiary/aromatic N) is 1. The quantitative estimate of drug-likeness (QED) is 0.788. The van der Waals surface area contributed by atoms with Crippen molar-refractivity contribution in [1.82, 2.24) is 10.2 Å². The van der Waals surface area contributed by atoms with Crippen molar-refractivity contribution in [1.29, 1.82) is 0 Å². The van der Waals surface area contributed by atoms with Gasteiger partial charge in [-0.25, -0.2) is 9.59 Å². The molecule has 2 N–H and O–H groups in total. The molecule has 1 aliphatic rings. The molecule has 1 fully saturated rings. The Hall–Kier alpha value is -1.26. The summed E-state index contributed by atoms with van der Waals surface area (Å²) in [5, 5.41) is 11.8. The van der Waals surface area contributed by atoms with Crippen LogP contribution >= 0.6 is 0 Å². The number of aliphatic carboxylic acids is 1. The zero-order chi connectivity index (χ0) is 15.1. The van der Waals surface area contributed by atoms with E-state index >= 15 is 0 Å². The lowest BCUT2D eigenvalue weighted by molar-refractivity contribution is -0.139. The first-order valence-corrected chi connectivity index (χ1v) is 7.72. The maximum atomic E-state index is 12.1. The van der Waals surface area contributed by atoms with Gasteiger partial charge < -0.3 is 15.3 Å². The monoisotopic (exact) mass is 284 g/mol. The van der Waals surface area contributed by atoms with Crippen molar-refractivity contribution >= 4 is 12.0 Å². The van der Waals surface area contributed by atoms with Crippen LogP contribution in [0.2, 0.25) is 0 Å². The van der Waals surface area contributed by atoms with Crippen LogP contribution in [0.15, 0.2) is 0 Å². The van der Waals surface area contributed by atoms with Gasteiger partial charge in [-0.2, -0.15) is 0 Å². The Kier molecular flexibility index (Phi) is 6.82. The van der Waals surface area contributed by atoms with E-state index in [9.17, 15) is 9.59 Å². The fraction of sp³-hybridized carbons (Fsp3) is 0.867. The Morgan fingerprint density at radius 2 is 1.90 bits per heavy atom. The Bertz CT molecular complexity index is 323. The molecule has 0 spiro atoms. The van der Waals surface area contributed by atoms with Crippen molar-refractivity contribution in [3.63, 3.8) is 0 Å². The van der Waals surface area contributed by atoms with E-state index in [1.807, 2.05) is 13.8 Å². The van der Waals surface area contributed by atoms with Crippen molar-refractivity contribution in [2.45, 2.75) is 58.9 Å². The smallest absolute Gasteiger partial charge is 0.326 e. The van der Waals surface area contributed by atoms with Gasteiger partial charge in [-0.15, -0.1) is 0 Å². The first kappa shape index (κ1) is 16.8. The van der Waals surface area contributed by atoms with Gasteiger partial charge in [-0.3, -0.25) is 0 Å². The zero-order valence-corrected chi connectivity index (χ0v) is 12.9.